The first-order chi connectivity index (χ1) is 28.8. The number of anilines is 3. The van der Waals surface area contributed by atoms with Crippen molar-refractivity contribution in [3.8, 4) is 22.3 Å². The molecular formula is C55H35NO2. The van der Waals surface area contributed by atoms with Crippen LogP contribution >= 0.6 is 0 Å². The molecule has 0 amide bonds. The number of nitrogens with zero attached hydrogens (tertiary/aromatic N) is 1. The fourth-order valence-electron chi connectivity index (χ4n) is 9.67. The molecule has 11 aromatic rings. The van der Waals surface area contributed by atoms with Crippen LogP contribution < -0.4 is 4.90 Å². The third kappa shape index (κ3) is 4.68. The summed E-state index contributed by atoms with van der Waals surface area (Å²) in [5.41, 5.74) is 15.9. The molecule has 0 fully saturated rings. The van der Waals surface area contributed by atoms with Gasteiger partial charge in [-0.2, -0.15) is 0 Å². The summed E-state index contributed by atoms with van der Waals surface area (Å²) >= 11 is 0. The molecule has 0 saturated heterocycles. The van der Waals surface area contributed by atoms with Crippen LogP contribution in [0.2, 0.25) is 0 Å². The zero-order valence-corrected chi connectivity index (χ0v) is 31.5. The fourth-order valence-corrected chi connectivity index (χ4v) is 9.67. The van der Waals surface area contributed by atoms with Crippen molar-refractivity contribution in [1.29, 1.82) is 0 Å². The smallest absolute Gasteiger partial charge is 0.159 e. The van der Waals surface area contributed by atoms with Gasteiger partial charge in [0, 0.05) is 38.5 Å². The predicted molar refractivity (Wildman–Crippen MR) is 238 cm³/mol. The van der Waals surface area contributed by atoms with Crippen LogP contribution in [-0.4, -0.2) is 0 Å². The SMILES string of the molecule is c1ccc(C2(c3ccc(N(c4ccc(-c5cccc6c5oc5ccccc56)cc4)c4cccc5c4oc4ccccc45)cc3)c3ccccc3-c3ccccc32)cc1. The van der Waals surface area contributed by atoms with E-state index in [1.54, 1.807) is 0 Å². The van der Waals surface area contributed by atoms with Crippen molar-refractivity contribution in [3.63, 3.8) is 0 Å². The summed E-state index contributed by atoms with van der Waals surface area (Å²) in [7, 11) is 0. The summed E-state index contributed by atoms with van der Waals surface area (Å²) in [6, 6.07) is 76.2. The largest absolute Gasteiger partial charge is 0.455 e. The molecule has 0 aliphatic heterocycles. The van der Waals surface area contributed by atoms with Gasteiger partial charge < -0.3 is 13.7 Å². The molecule has 272 valence electrons. The molecular weight excluding hydrogens is 707 g/mol. The van der Waals surface area contributed by atoms with Crippen molar-refractivity contribution >= 4 is 60.9 Å². The number of para-hydroxylation sites is 4. The molecule has 12 rings (SSSR count). The van der Waals surface area contributed by atoms with Gasteiger partial charge in [0.2, 0.25) is 0 Å². The standard InChI is InChI=1S/C55H35NO2/c1-2-14-37(15-3-1)55(48-23-8-4-16-42(48)43-17-5-9-24-49(43)55)38-30-34-40(35-31-38)56(50-25-13-22-47-45-19-7-11-27-52(45)58-54(47)50)39-32-28-36(29-33-39)41-20-12-21-46-44-18-6-10-26-51(44)57-53(41)46/h1-35H. The maximum absolute atomic E-state index is 6.68. The van der Waals surface area contributed by atoms with Gasteiger partial charge in [-0.05, 0) is 81.4 Å². The Hall–Kier alpha value is -7.62. The van der Waals surface area contributed by atoms with Crippen LogP contribution in [0.25, 0.3) is 66.1 Å². The maximum atomic E-state index is 6.68. The van der Waals surface area contributed by atoms with E-state index in [4.69, 9.17) is 8.83 Å². The fraction of sp³-hybridized carbons (Fsp3) is 0.0182. The summed E-state index contributed by atoms with van der Waals surface area (Å²) in [4.78, 5) is 2.33. The molecule has 9 aromatic carbocycles. The zero-order chi connectivity index (χ0) is 38.2. The van der Waals surface area contributed by atoms with E-state index in [-0.39, 0.29) is 0 Å². The summed E-state index contributed by atoms with van der Waals surface area (Å²) < 4.78 is 13.1. The number of hydrogen-bond acceptors (Lipinski definition) is 3. The normalized spacial score (nSPS) is 13.0. The van der Waals surface area contributed by atoms with Gasteiger partial charge in [-0.15, -0.1) is 0 Å². The molecule has 0 unspecified atom stereocenters. The second-order valence-corrected chi connectivity index (χ2v) is 15.2. The molecule has 3 nitrogen and oxygen atoms in total. The molecule has 58 heavy (non-hydrogen) atoms. The van der Waals surface area contributed by atoms with Gasteiger partial charge in [0.15, 0.2) is 5.58 Å². The van der Waals surface area contributed by atoms with Crippen LogP contribution in [0.1, 0.15) is 22.3 Å². The summed E-state index contributed by atoms with van der Waals surface area (Å²) in [5, 5.41) is 4.44. The zero-order valence-electron chi connectivity index (χ0n) is 31.5. The number of rotatable bonds is 6. The average molecular weight is 742 g/mol. The maximum Gasteiger partial charge on any atom is 0.159 e. The van der Waals surface area contributed by atoms with Crippen molar-refractivity contribution in [2.45, 2.75) is 5.41 Å². The van der Waals surface area contributed by atoms with Gasteiger partial charge in [-0.25, -0.2) is 0 Å². The van der Waals surface area contributed by atoms with Crippen LogP contribution in [0.3, 0.4) is 0 Å². The Balaban J connectivity index is 1.04. The van der Waals surface area contributed by atoms with Crippen LogP contribution in [0.15, 0.2) is 221 Å². The van der Waals surface area contributed by atoms with E-state index >= 15 is 0 Å². The van der Waals surface area contributed by atoms with Gasteiger partial charge in [0.05, 0.1) is 11.1 Å². The minimum Gasteiger partial charge on any atom is -0.455 e. The van der Waals surface area contributed by atoms with Gasteiger partial charge in [-0.3, -0.25) is 0 Å². The Bertz CT molecular complexity index is 3290. The highest BCUT2D eigenvalue weighted by atomic mass is 16.3. The Morgan fingerprint density at radius 2 is 0.793 bits per heavy atom. The second kappa shape index (κ2) is 12.7. The molecule has 0 radical (unpaired) electrons. The average Bonchev–Trinajstić information content (AvgIpc) is 3.97. The van der Waals surface area contributed by atoms with E-state index in [9.17, 15) is 0 Å². The molecule has 2 aromatic heterocycles. The molecule has 0 saturated carbocycles. The quantitative estimate of drug-likeness (QED) is 0.170. The number of hydrogen-bond donors (Lipinski definition) is 0. The lowest BCUT2D eigenvalue weighted by molar-refractivity contribution is 0.669. The van der Waals surface area contributed by atoms with E-state index in [2.05, 4.69) is 193 Å². The molecule has 0 bridgehead atoms. The van der Waals surface area contributed by atoms with Gasteiger partial charge in [-0.1, -0.05) is 170 Å². The Labute approximate surface area is 335 Å². The van der Waals surface area contributed by atoms with Crippen LogP contribution in [-0.2, 0) is 5.41 Å². The lowest BCUT2D eigenvalue weighted by atomic mass is 9.68. The molecule has 0 spiro atoms. The number of fused-ring (bicyclic) bond motifs is 9. The van der Waals surface area contributed by atoms with Crippen LogP contribution in [0, 0.1) is 0 Å². The molecule has 3 heteroatoms. The lowest BCUT2D eigenvalue weighted by Crippen LogP contribution is -2.28. The van der Waals surface area contributed by atoms with Crippen LogP contribution in [0.4, 0.5) is 17.1 Å². The second-order valence-electron chi connectivity index (χ2n) is 15.2. The summed E-state index contributed by atoms with van der Waals surface area (Å²) in [6.07, 6.45) is 0. The van der Waals surface area contributed by atoms with Crippen molar-refractivity contribution in [3.05, 3.63) is 235 Å². The molecule has 2 heterocycles. The van der Waals surface area contributed by atoms with E-state index in [1.807, 2.05) is 24.3 Å². The Morgan fingerprint density at radius 3 is 1.45 bits per heavy atom. The van der Waals surface area contributed by atoms with Crippen molar-refractivity contribution < 1.29 is 8.83 Å². The van der Waals surface area contributed by atoms with Crippen molar-refractivity contribution in [2.24, 2.45) is 0 Å². The first kappa shape index (κ1) is 32.6. The highest BCUT2D eigenvalue weighted by Crippen LogP contribution is 2.56. The summed E-state index contributed by atoms with van der Waals surface area (Å²) in [6.45, 7) is 0. The highest BCUT2D eigenvalue weighted by molar-refractivity contribution is 6.11. The minimum atomic E-state index is -0.476. The third-order valence-corrected chi connectivity index (χ3v) is 12.2. The number of furan rings is 2. The number of benzene rings is 9. The Morgan fingerprint density at radius 1 is 0.328 bits per heavy atom. The molecule has 0 N–H and O–H groups in total. The van der Waals surface area contributed by atoms with E-state index in [0.29, 0.717) is 0 Å². The lowest BCUT2D eigenvalue weighted by Gasteiger charge is -2.34. The minimum absolute atomic E-state index is 0.476. The van der Waals surface area contributed by atoms with Crippen molar-refractivity contribution in [2.75, 3.05) is 4.90 Å². The van der Waals surface area contributed by atoms with Gasteiger partial charge in [0.25, 0.3) is 0 Å². The van der Waals surface area contributed by atoms with Gasteiger partial charge in [0.1, 0.15) is 16.7 Å². The first-order valence-corrected chi connectivity index (χ1v) is 19.8. The molecule has 1 aliphatic carbocycles. The van der Waals surface area contributed by atoms with E-state index in [0.717, 1.165) is 72.1 Å². The van der Waals surface area contributed by atoms with Gasteiger partial charge >= 0.3 is 0 Å². The summed E-state index contributed by atoms with van der Waals surface area (Å²) in [5.74, 6) is 0. The van der Waals surface area contributed by atoms with E-state index < -0.39 is 5.41 Å². The Kier molecular flexibility index (Phi) is 7.14. The molecule has 0 atom stereocenters. The monoisotopic (exact) mass is 741 g/mol. The highest BCUT2D eigenvalue weighted by Gasteiger charge is 2.45. The first-order valence-electron chi connectivity index (χ1n) is 19.8. The molecule has 1 aliphatic rings. The predicted octanol–water partition coefficient (Wildman–Crippen LogP) is 15.0. The van der Waals surface area contributed by atoms with Crippen LogP contribution in [0.5, 0.6) is 0 Å². The topological polar surface area (TPSA) is 29.5 Å². The van der Waals surface area contributed by atoms with Crippen molar-refractivity contribution in [1.82, 2.24) is 0 Å². The third-order valence-electron chi connectivity index (χ3n) is 12.2. The van der Waals surface area contributed by atoms with E-state index in [1.165, 1.54) is 33.4 Å².